The molecule has 0 aromatic carbocycles. The highest BCUT2D eigenvalue weighted by Crippen LogP contribution is 2.43. The number of carboxylic acid groups (broad SMARTS) is 1. The second-order valence-electron chi connectivity index (χ2n) is 5.59. The van der Waals surface area contributed by atoms with Crippen molar-refractivity contribution in [3.05, 3.63) is 23.9 Å². The molecule has 0 bridgehead atoms. The van der Waals surface area contributed by atoms with E-state index in [1.165, 1.54) is 7.11 Å². The van der Waals surface area contributed by atoms with Crippen LogP contribution in [-0.2, 0) is 9.59 Å². The molecule has 2 heterocycles. The number of likely N-dealkylation sites (tertiary alicyclic amines) is 1. The maximum absolute atomic E-state index is 12.2. The van der Waals surface area contributed by atoms with Crippen LogP contribution in [0.5, 0.6) is 5.88 Å². The third kappa shape index (κ3) is 2.57. The van der Waals surface area contributed by atoms with Crippen molar-refractivity contribution in [1.82, 2.24) is 9.88 Å². The number of aliphatic carboxylic acids is 1. The lowest BCUT2D eigenvalue weighted by Crippen LogP contribution is -2.46. The molecule has 1 saturated carbocycles. The predicted molar refractivity (Wildman–Crippen MR) is 73.8 cm³/mol. The van der Waals surface area contributed by atoms with Gasteiger partial charge in [0.1, 0.15) is 0 Å². The number of piperidine rings is 1. The highest BCUT2D eigenvalue weighted by atomic mass is 16.5. The molecule has 21 heavy (non-hydrogen) atoms. The fourth-order valence-corrected chi connectivity index (χ4v) is 3.04. The van der Waals surface area contributed by atoms with Gasteiger partial charge in [0.15, 0.2) is 0 Å². The van der Waals surface area contributed by atoms with Crippen LogP contribution in [0.3, 0.4) is 0 Å². The highest BCUT2D eigenvalue weighted by Gasteiger charge is 2.46. The van der Waals surface area contributed by atoms with Gasteiger partial charge in [0.25, 0.3) is 0 Å². The Bertz CT molecular complexity index is 553. The Labute approximate surface area is 122 Å². The van der Waals surface area contributed by atoms with Crippen molar-refractivity contribution in [1.29, 1.82) is 0 Å². The standard InChI is InChI=1S/C15H18N2O4/c1-21-12-6-2-9(8-16-12)14-11(15(19)20)5-7-13(18)17(14)10-3-4-10/h2,6,8,10-11,14H,3-5,7H2,1H3,(H,19,20). The third-order valence-corrected chi connectivity index (χ3v) is 4.21. The number of hydrogen-bond acceptors (Lipinski definition) is 4. The molecule has 0 radical (unpaired) electrons. The van der Waals surface area contributed by atoms with E-state index in [1.54, 1.807) is 23.2 Å². The smallest absolute Gasteiger partial charge is 0.308 e. The summed E-state index contributed by atoms with van der Waals surface area (Å²) in [7, 11) is 1.53. The van der Waals surface area contributed by atoms with Gasteiger partial charge < -0.3 is 14.7 Å². The first-order chi connectivity index (χ1) is 10.1. The number of methoxy groups -OCH3 is 1. The van der Waals surface area contributed by atoms with Gasteiger partial charge in [-0.2, -0.15) is 0 Å². The Morgan fingerprint density at radius 3 is 2.67 bits per heavy atom. The second kappa shape index (κ2) is 5.35. The van der Waals surface area contributed by atoms with Crippen molar-refractivity contribution >= 4 is 11.9 Å². The van der Waals surface area contributed by atoms with E-state index in [0.717, 1.165) is 18.4 Å². The quantitative estimate of drug-likeness (QED) is 0.911. The summed E-state index contributed by atoms with van der Waals surface area (Å²) in [6.45, 7) is 0. The lowest BCUT2D eigenvalue weighted by molar-refractivity contribution is -0.152. The van der Waals surface area contributed by atoms with Crippen molar-refractivity contribution < 1.29 is 19.4 Å². The zero-order valence-corrected chi connectivity index (χ0v) is 11.9. The van der Waals surface area contributed by atoms with Gasteiger partial charge >= 0.3 is 5.97 Å². The van der Waals surface area contributed by atoms with Gasteiger partial charge in [-0.3, -0.25) is 9.59 Å². The number of hydrogen-bond donors (Lipinski definition) is 1. The van der Waals surface area contributed by atoms with E-state index < -0.39 is 17.9 Å². The summed E-state index contributed by atoms with van der Waals surface area (Å²) in [4.78, 5) is 29.7. The van der Waals surface area contributed by atoms with Gasteiger partial charge in [0, 0.05) is 24.7 Å². The molecule has 6 heteroatoms. The fourth-order valence-electron chi connectivity index (χ4n) is 3.04. The Hall–Kier alpha value is -2.11. The zero-order valence-electron chi connectivity index (χ0n) is 11.9. The zero-order chi connectivity index (χ0) is 15.0. The van der Waals surface area contributed by atoms with Gasteiger partial charge in [-0.1, -0.05) is 6.07 Å². The number of aromatic nitrogens is 1. The number of nitrogens with zero attached hydrogens (tertiary/aromatic N) is 2. The van der Waals surface area contributed by atoms with Gasteiger partial charge in [0.2, 0.25) is 11.8 Å². The molecule has 2 atom stereocenters. The summed E-state index contributed by atoms with van der Waals surface area (Å²) in [5, 5.41) is 9.49. The molecule has 1 aromatic heterocycles. The van der Waals surface area contributed by atoms with Crippen LogP contribution >= 0.6 is 0 Å². The van der Waals surface area contributed by atoms with Crippen LogP contribution in [0.15, 0.2) is 18.3 Å². The maximum atomic E-state index is 12.2. The molecule has 2 unspecified atom stereocenters. The van der Waals surface area contributed by atoms with E-state index in [9.17, 15) is 14.7 Å². The summed E-state index contributed by atoms with van der Waals surface area (Å²) >= 11 is 0. The molecule has 2 fully saturated rings. The lowest BCUT2D eigenvalue weighted by atomic mass is 9.84. The number of pyridine rings is 1. The third-order valence-electron chi connectivity index (χ3n) is 4.21. The topological polar surface area (TPSA) is 79.7 Å². The average molecular weight is 290 g/mol. The molecule has 1 aliphatic carbocycles. The van der Waals surface area contributed by atoms with Crippen molar-refractivity contribution in [3.8, 4) is 5.88 Å². The average Bonchev–Trinajstić information content (AvgIpc) is 3.31. The number of carboxylic acids is 1. The summed E-state index contributed by atoms with van der Waals surface area (Å²) in [5.74, 6) is -0.894. The lowest BCUT2D eigenvalue weighted by Gasteiger charge is -2.40. The van der Waals surface area contributed by atoms with E-state index >= 15 is 0 Å². The first kappa shape index (κ1) is 13.9. The Morgan fingerprint density at radius 1 is 1.38 bits per heavy atom. The van der Waals surface area contributed by atoms with Gasteiger partial charge in [-0.25, -0.2) is 4.98 Å². The van der Waals surface area contributed by atoms with Crippen LogP contribution in [0.25, 0.3) is 0 Å². The molecular formula is C15H18N2O4. The Morgan fingerprint density at radius 2 is 2.14 bits per heavy atom. The summed E-state index contributed by atoms with van der Waals surface area (Å²) in [6.07, 6.45) is 4.23. The normalized spacial score (nSPS) is 25.8. The van der Waals surface area contributed by atoms with E-state index in [-0.39, 0.29) is 11.9 Å². The largest absolute Gasteiger partial charge is 0.481 e. The maximum Gasteiger partial charge on any atom is 0.308 e. The molecule has 2 aliphatic rings. The molecule has 1 amide bonds. The molecule has 1 saturated heterocycles. The summed E-state index contributed by atoms with van der Waals surface area (Å²) in [5.41, 5.74) is 0.767. The van der Waals surface area contributed by atoms with Crippen molar-refractivity contribution in [3.63, 3.8) is 0 Å². The van der Waals surface area contributed by atoms with Crippen LogP contribution in [0.4, 0.5) is 0 Å². The van der Waals surface area contributed by atoms with Gasteiger partial charge in [0.05, 0.1) is 19.1 Å². The first-order valence-corrected chi connectivity index (χ1v) is 7.15. The van der Waals surface area contributed by atoms with E-state index in [0.29, 0.717) is 18.7 Å². The molecular weight excluding hydrogens is 272 g/mol. The minimum atomic E-state index is -0.853. The van der Waals surface area contributed by atoms with E-state index in [2.05, 4.69) is 4.98 Å². The van der Waals surface area contributed by atoms with Crippen molar-refractivity contribution in [2.75, 3.05) is 7.11 Å². The molecule has 1 aliphatic heterocycles. The number of carbonyl (C=O) groups excluding carboxylic acids is 1. The highest BCUT2D eigenvalue weighted by molar-refractivity contribution is 5.82. The Balaban J connectivity index is 1.97. The predicted octanol–water partition coefficient (Wildman–Crippen LogP) is 1.62. The summed E-state index contributed by atoms with van der Waals surface area (Å²) in [6, 6.07) is 3.28. The van der Waals surface area contributed by atoms with Gasteiger partial charge in [-0.15, -0.1) is 0 Å². The minimum absolute atomic E-state index is 0.0517. The second-order valence-corrected chi connectivity index (χ2v) is 5.59. The van der Waals surface area contributed by atoms with Crippen LogP contribution in [-0.4, -0.2) is 40.0 Å². The van der Waals surface area contributed by atoms with E-state index in [1.807, 2.05) is 0 Å². The van der Waals surface area contributed by atoms with Crippen LogP contribution in [0.1, 0.15) is 37.3 Å². The fraction of sp³-hybridized carbons (Fsp3) is 0.533. The molecule has 6 nitrogen and oxygen atoms in total. The van der Waals surface area contributed by atoms with Crippen LogP contribution in [0, 0.1) is 5.92 Å². The molecule has 112 valence electrons. The molecule has 0 spiro atoms. The van der Waals surface area contributed by atoms with Gasteiger partial charge in [-0.05, 0) is 24.8 Å². The van der Waals surface area contributed by atoms with Crippen molar-refractivity contribution in [2.45, 2.75) is 37.8 Å². The minimum Gasteiger partial charge on any atom is -0.481 e. The van der Waals surface area contributed by atoms with Crippen LogP contribution in [0.2, 0.25) is 0 Å². The van der Waals surface area contributed by atoms with Crippen molar-refractivity contribution in [2.24, 2.45) is 5.92 Å². The molecule has 1 N–H and O–H groups in total. The molecule has 3 rings (SSSR count). The summed E-state index contributed by atoms with van der Waals surface area (Å²) < 4.78 is 5.03. The molecule has 1 aromatic rings. The Kier molecular flexibility index (Phi) is 3.53. The monoisotopic (exact) mass is 290 g/mol. The number of amides is 1. The van der Waals surface area contributed by atoms with E-state index in [4.69, 9.17) is 4.74 Å². The first-order valence-electron chi connectivity index (χ1n) is 7.15. The number of carbonyl (C=O) groups is 2. The SMILES string of the molecule is COc1ccc(C2C(C(=O)O)CCC(=O)N2C2CC2)cn1. The van der Waals surface area contributed by atoms with Crippen LogP contribution < -0.4 is 4.74 Å². The number of rotatable bonds is 4. The number of ether oxygens (including phenoxy) is 1.